The average molecular weight is 565 g/mol. The molecule has 0 spiro atoms. The van der Waals surface area contributed by atoms with Gasteiger partial charge in [-0.15, -0.1) is 11.3 Å². The Morgan fingerprint density at radius 1 is 1.22 bits per heavy atom. The Bertz CT molecular complexity index is 1410. The van der Waals surface area contributed by atoms with Crippen molar-refractivity contribution < 1.29 is 28.3 Å². The Labute approximate surface area is 223 Å². The molecule has 1 amide bonds. The van der Waals surface area contributed by atoms with E-state index in [1.54, 1.807) is 50.4 Å². The number of benzene rings is 2. The van der Waals surface area contributed by atoms with Crippen molar-refractivity contribution in [1.82, 2.24) is 0 Å². The van der Waals surface area contributed by atoms with E-state index in [0.29, 0.717) is 21.7 Å². The van der Waals surface area contributed by atoms with Crippen LogP contribution in [0.3, 0.4) is 0 Å². The molecule has 37 heavy (non-hydrogen) atoms. The molecule has 0 radical (unpaired) electrons. The van der Waals surface area contributed by atoms with Crippen molar-refractivity contribution in [2.45, 2.75) is 20.8 Å². The van der Waals surface area contributed by atoms with Gasteiger partial charge in [0.25, 0.3) is 5.69 Å². The number of amides is 1. The summed E-state index contributed by atoms with van der Waals surface area (Å²) in [6, 6.07) is 11.2. The third kappa shape index (κ3) is 7.72. The highest BCUT2D eigenvalue weighted by Gasteiger charge is 2.28. The molecule has 1 atom stereocenters. The molecule has 3 rings (SSSR count). The highest BCUT2D eigenvalue weighted by Crippen LogP contribution is 2.44. The van der Waals surface area contributed by atoms with Crippen LogP contribution in [0, 0.1) is 15.5 Å². The molecule has 0 aliphatic rings. The fraction of sp³-hybridized carbons (Fsp3) is 0.280. The summed E-state index contributed by atoms with van der Waals surface area (Å²) in [5.74, 6) is -1.07. The van der Waals surface area contributed by atoms with Gasteiger partial charge in [-0.25, -0.2) is 0 Å². The van der Waals surface area contributed by atoms with Crippen molar-refractivity contribution in [3.05, 3.63) is 74.7 Å². The summed E-state index contributed by atoms with van der Waals surface area (Å²) in [5, 5.41) is 14.1. The van der Waals surface area contributed by atoms with Crippen LogP contribution in [0.4, 0.5) is 11.4 Å². The number of esters is 1. The lowest BCUT2D eigenvalue weighted by atomic mass is 9.98. The Hall–Kier alpha value is -3.04. The molecule has 0 saturated heterocycles. The Morgan fingerprint density at radius 2 is 1.95 bits per heavy atom. The molecular formula is C25H26ClN2O7PS. The van der Waals surface area contributed by atoms with Gasteiger partial charge in [0.15, 0.2) is 6.79 Å². The fourth-order valence-corrected chi connectivity index (χ4v) is 5.25. The molecule has 196 valence electrons. The molecule has 0 bridgehead atoms. The summed E-state index contributed by atoms with van der Waals surface area (Å²) < 4.78 is 24.3. The lowest BCUT2D eigenvalue weighted by molar-refractivity contribution is -0.384. The molecule has 9 nitrogen and oxygen atoms in total. The standard InChI is InChI=1S/C25H26ClN2O7PS/c1-25(2,3)24(30)34-16-35-36(4,33)14-23(29)27(11-10-17-6-5-7-19(12-17)28(31)32)21-15-37-22-9-8-18(26)13-20(21)22/h5-13,15H,14,16H2,1-4H3/b11-10+. The van der Waals surface area contributed by atoms with Gasteiger partial charge < -0.3 is 4.74 Å². The molecule has 3 aromatic rings. The number of halogens is 1. The number of hydrogen-bond acceptors (Lipinski definition) is 8. The maximum Gasteiger partial charge on any atom is 0.313 e. The second kappa shape index (κ2) is 11.6. The fourth-order valence-electron chi connectivity index (χ4n) is 3.15. The third-order valence-corrected chi connectivity index (χ3v) is 7.77. The topological polar surface area (TPSA) is 116 Å². The minimum absolute atomic E-state index is 0.0935. The van der Waals surface area contributed by atoms with E-state index in [2.05, 4.69) is 0 Å². The molecular weight excluding hydrogens is 539 g/mol. The number of thiophene rings is 1. The molecule has 12 heteroatoms. The molecule has 0 fully saturated rings. The van der Waals surface area contributed by atoms with Gasteiger partial charge >= 0.3 is 5.97 Å². The van der Waals surface area contributed by atoms with Crippen LogP contribution < -0.4 is 4.90 Å². The number of ether oxygens (including phenoxy) is 1. The number of anilines is 1. The Morgan fingerprint density at radius 3 is 2.62 bits per heavy atom. The van der Waals surface area contributed by atoms with Crippen LogP contribution in [-0.4, -0.2) is 36.4 Å². The van der Waals surface area contributed by atoms with Crippen molar-refractivity contribution >= 4 is 69.7 Å². The SMILES string of the molecule is CC(C)(C)C(=O)OCOP(C)(=O)CC(=O)N(/C=C/c1cccc([N+](=O)[O-])c1)c1csc2ccc(Cl)cc12. The number of nitro benzene ring substituents is 1. The summed E-state index contributed by atoms with van der Waals surface area (Å²) in [7, 11) is -3.51. The molecule has 0 aliphatic carbocycles. The van der Waals surface area contributed by atoms with Crippen LogP contribution in [0.15, 0.2) is 54.0 Å². The van der Waals surface area contributed by atoms with Crippen molar-refractivity contribution in [3.8, 4) is 0 Å². The number of nitrogens with zero attached hydrogens (tertiary/aromatic N) is 2. The zero-order chi connectivity index (χ0) is 27.4. The van der Waals surface area contributed by atoms with Gasteiger partial charge in [-0.05, 0) is 50.6 Å². The highest BCUT2D eigenvalue weighted by molar-refractivity contribution is 7.59. The van der Waals surface area contributed by atoms with E-state index >= 15 is 0 Å². The predicted molar refractivity (Wildman–Crippen MR) is 146 cm³/mol. The lowest BCUT2D eigenvalue weighted by Crippen LogP contribution is -2.28. The maximum absolute atomic E-state index is 13.4. The van der Waals surface area contributed by atoms with Crippen LogP contribution in [0.2, 0.25) is 5.02 Å². The first-order valence-electron chi connectivity index (χ1n) is 11.1. The van der Waals surface area contributed by atoms with Crippen molar-refractivity contribution in [1.29, 1.82) is 0 Å². The number of rotatable bonds is 9. The number of carbonyl (C=O) groups is 2. The largest absolute Gasteiger partial charge is 0.438 e. The van der Waals surface area contributed by atoms with Crippen LogP contribution in [-0.2, 0) is 23.4 Å². The number of carbonyl (C=O) groups excluding carboxylic acids is 2. The van der Waals surface area contributed by atoms with Crippen molar-refractivity contribution in [2.75, 3.05) is 24.5 Å². The van der Waals surface area contributed by atoms with Crippen molar-refractivity contribution in [2.24, 2.45) is 5.41 Å². The first kappa shape index (κ1) is 28.5. The molecule has 1 unspecified atom stereocenters. The van der Waals surface area contributed by atoms with Gasteiger partial charge in [-0.3, -0.25) is 33.7 Å². The smallest absolute Gasteiger partial charge is 0.313 e. The summed E-state index contributed by atoms with van der Waals surface area (Å²) in [6.45, 7) is 5.77. The molecule has 0 N–H and O–H groups in total. The normalized spacial score (nSPS) is 13.4. The van der Waals surface area contributed by atoms with Gasteiger partial charge in [0.1, 0.15) is 6.16 Å². The van der Waals surface area contributed by atoms with Crippen LogP contribution in [0.25, 0.3) is 16.2 Å². The first-order chi connectivity index (χ1) is 17.3. The monoisotopic (exact) mass is 564 g/mol. The van der Waals surface area contributed by atoms with E-state index in [0.717, 1.165) is 4.70 Å². The Kier molecular flexibility index (Phi) is 8.92. The molecule has 1 heterocycles. The minimum atomic E-state index is -3.51. The first-order valence-corrected chi connectivity index (χ1v) is 14.6. The van der Waals surface area contributed by atoms with Gasteiger partial charge in [0.2, 0.25) is 13.3 Å². The van der Waals surface area contributed by atoms with Gasteiger partial charge in [0.05, 0.1) is 16.0 Å². The van der Waals surface area contributed by atoms with Crippen LogP contribution in [0.1, 0.15) is 26.3 Å². The molecule has 2 aromatic carbocycles. The minimum Gasteiger partial charge on any atom is -0.438 e. The summed E-state index contributed by atoms with van der Waals surface area (Å²) in [5.41, 5.74) is 0.152. The van der Waals surface area contributed by atoms with E-state index in [9.17, 15) is 24.3 Å². The zero-order valence-corrected chi connectivity index (χ0v) is 23.1. The summed E-state index contributed by atoms with van der Waals surface area (Å²) in [6.07, 6.45) is 2.53. The summed E-state index contributed by atoms with van der Waals surface area (Å²) >= 11 is 7.59. The number of nitro groups is 1. The van der Waals surface area contributed by atoms with Crippen LogP contribution in [0.5, 0.6) is 0 Å². The second-order valence-corrected chi connectivity index (χ2v) is 13.2. The molecule has 0 aliphatic heterocycles. The molecule has 1 aromatic heterocycles. The second-order valence-electron chi connectivity index (χ2n) is 9.29. The predicted octanol–water partition coefficient (Wildman–Crippen LogP) is 6.94. The Balaban J connectivity index is 1.88. The van der Waals surface area contributed by atoms with Gasteiger partial charge in [0, 0.05) is 45.5 Å². The van der Waals surface area contributed by atoms with E-state index in [1.165, 1.54) is 47.3 Å². The highest BCUT2D eigenvalue weighted by atomic mass is 35.5. The average Bonchev–Trinajstić information content (AvgIpc) is 3.21. The van der Waals surface area contributed by atoms with E-state index in [1.807, 2.05) is 6.07 Å². The van der Waals surface area contributed by atoms with Crippen LogP contribution >= 0.6 is 30.3 Å². The maximum atomic E-state index is 13.4. The third-order valence-electron chi connectivity index (χ3n) is 5.09. The number of non-ortho nitro benzene ring substituents is 1. The number of hydrogen-bond donors (Lipinski definition) is 0. The van der Waals surface area contributed by atoms with E-state index in [-0.39, 0.29) is 5.69 Å². The van der Waals surface area contributed by atoms with Gasteiger partial charge in [-0.1, -0.05) is 23.7 Å². The van der Waals surface area contributed by atoms with Crippen molar-refractivity contribution in [3.63, 3.8) is 0 Å². The summed E-state index contributed by atoms with van der Waals surface area (Å²) in [4.78, 5) is 37.3. The quantitative estimate of drug-likeness (QED) is 0.0908. The molecule has 0 saturated carbocycles. The van der Waals surface area contributed by atoms with E-state index < -0.39 is 42.5 Å². The zero-order valence-electron chi connectivity index (χ0n) is 20.7. The lowest BCUT2D eigenvalue weighted by Gasteiger charge is -2.22. The van der Waals surface area contributed by atoms with Gasteiger partial charge in [-0.2, -0.15) is 0 Å². The van der Waals surface area contributed by atoms with E-state index in [4.69, 9.17) is 20.9 Å². The number of fused-ring (bicyclic) bond motifs is 1.